The number of hydrogen-bond donors (Lipinski definition) is 1. The number of rotatable bonds is 23. The Labute approximate surface area is 212 Å². The third-order valence-corrected chi connectivity index (χ3v) is 7.73. The molecule has 0 saturated heterocycles. The van der Waals surface area contributed by atoms with Gasteiger partial charge in [0.2, 0.25) is 5.91 Å². The number of allylic oxidation sites excluding steroid dienone is 2. The molecule has 0 saturated carbocycles. The molecule has 1 amide bonds. The summed E-state index contributed by atoms with van der Waals surface area (Å²) in [4.78, 5) is 16.0. The number of carbonyl (C=O) groups is 1. The molecule has 4 heteroatoms. The highest BCUT2D eigenvalue weighted by Crippen LogP contribution is 2.24. The molecule has 0 aromatic rings. The normalized spacial score (nSPS) is 19.9. The highest BCUT2D eigenvalue weighted by atomic mass is 16.1. The maximum absolute atomic E-state index is 11.2. The van der Waals surface area contributed by atoms with E-state index in [1.165, 1.54) is 116 Å². The first kappa shape index (κ1) is 30.9. The Balaban J connectivity index is 1.88. The van der Waals surface area contributed by atoms with Crippen LogP contribution in [0.25, 0.3) is 0 Å². The molecule has 1 heterocycles. The van der Waals surface area contributed by atoms with Crippen LogP contribution in [0, 0.1) is 0 Å². The molecule has 2 unspecified atom stereocenters. The van der Waals surface area contributed by atoms with Crippen molar-refractivity contribution in [3.8, 4) is 0 Å². The first-order valence-electron chi connectivity index (χ1n) is 14.9. The summed E-state index contributed by atoms with van der Waals surface area (Å²) in [6.07, 6.45) is 32.1. The van der Waals surface area contributed by atoms with E-state index in [4.69, 9.17) is 4.99 Å². The zero-order valence-corrected chi connectivity index (χ0v) is 23.2. The van der Waals surface area contributed by atoms with Crippen molar-refractivity contribution in [1.82, 2.24) is 5.32 Å². The van der Waals surface area contributed by atoms with Crippen LogP contribution in [0.5, 0.6) is 0 Å². The minimum Gasteiger partial charge on any atom is -0.351 e. The van der Waals surface area contributed by atoms with Gasteiger partial charge in [-0.3, -0.25) is 9.28 Å². The Morgan fingerprint density at radius 2 is 1.38 bits per heavy atom. The van der Waals surface area contributed by atoms with Gasteiger partial charge in [-0.2, -0.15) is 0 Å². The number of unbranched alkanes of at least 4 members (excludes halogenated alkanes) is 16. The quantitative estimate of drug-likeness (QED) is 0.0906. The van der Waals surface area contributed by atoms with E-state index in [1.807, 2.05) is 0 Å². The summed E-state index contributed by atoms with van der Waals surface area (Å²) in [6, 6.07) is 0. The summed E-state index contributed by atoms with van der Waals surface area (Å²) >= 11 is 0. The van der Waals surface area contributed by atoms with Crippen molar-refractivity contribution in [2.24, 2.45) is 4.99 Å². The Bertz CT molecular complexity index is 545. The van der Waals surface area contributed by atoms with Crippen LogP contribution in [0.2, 0.25) is 0 Å². The maximum Gasteiger partial charge on any atom is 0.217 e. The Hall–Kier alpha value is -1.16. The van der Waals surface area contributed by atoms with Gasteiger partial charge in [0.15, 0.2) is 6.17 Å². The van der Waals surface area contributed by atoms with Gasteiger partial charge < -0.3 is 5.32 Å². The van der Waals surface area contributed by atoms with Gasteiger partial charge in [-0.15, -0.1) is 0 Å². The van der Waals surface area contributed by atoms with Gasteiger partial charge in [-0.25, -0.2) is 4.99 Å². The van der Waals surface area contributed by atoms with Crippen LogP contribution in [0.3, 0.4) is 0 Å². The third-order valence-electron chi connectivity index (χ3n) is 7.73. The van der Waals surface area contributed by atoms with Crippen LogP contribution in [-0.2, 0) is 4.79 Å². The van der Waals surface area contributed by atoms with Crippen molar-refractivity contribution in [1.29, 1.82) is 0 Å². The summed E-state index contributed by atoms with van der Waals surface area (Å²) in [5.41, 5.74) is 0. The van der Waals surface area contributed by atoms with Gasteiger partial charge in [-0.1, -0.05) is 102 Å². The zero-order valence-electron chi connectivity index (χ0n) is 23.2. The van der Waals surface area contributed by atoms with Gasteiger partial charge in [-0.05, 0) is 33.1 Å². The fraction of sp³-hybridized carbons (Fsp3) is 0.867. The molecule has 4 nitrogen and oxygen atoms in total. The van der Waals surface area contributed by atoms with E-state index in [2.05, 4.69) is 37.5 Å². The predicted molar refractivity (Wildman–Crippen MR) is 149 cm³/mol. The topological polar surface area (TPSA) is 41.5 Å². The van der Waals surface area contributed by atoms with Crippen molar-refractivity contribution in [2.75, 3.05) is 26.2 Å². The fourth-order valence-corrected chi connectivity index (χ4v) is 5.37. The smallest absolute Gasteiger partial charge is 0.217 e. The zero-order chi connectivity index (χ0) is 24.7. The molecule has 1 aliphatic heterocycles. The van der Waals surface area contributed by atoms with Crippen LogP contribution in [0.4, 0.5) is 0 Å². The number of quaternary nitrogens is 1. The number of carbonyl (C=O) groups excluding carboxylic acids is 1. The fourth-order valence-electron chi connectivity index (χ4n) is 5.37. The van der Waals surface area contributed by atoms with Gasteiger partial charge in [0.1, 0.15) is 6.54 Å². The highest BCUT2D eigenvalue weighted by Gasteiger charge is 2.37. The highest BCUT2D eigenvalue weighted by molar-refractivity contribution is 5.72. The molecule has 0 fully saturated rings. The van der Waals surface area contributed by atoms with Crippen LogP contribution < -0.4 is 5.32 Å². The maximum atomic E-state index is 11.2. The molecule has 2 atom stereocenters. The Kier molecular flexibility index (Phi) is 19.2. The van der Waals surface area contributed by atoms with Gasteiger partial charge in [0, 0.05) is 13.3 Å². The first-order valence-corrected chi connectivity index (χ1v) is 14.9. The van der Waals surface area contributed by atoms with E-state index in [1.54, 1.807) is 6.92 Å². The number of nitrogens with zero attached hydrogens (tertiary/aromatic N) is 2. The molecule has 0 spiro atoms. The molecule has 0 radical (unpaired) electrons. The van der Waals surface area contributed by atoms with Crippen LogP contribution in [-0.4, -0.2) is 48.9 Å². The molecule has 1 aliphatic rings. The second-order valence-electron chi connectivity index (χ2n) is 10.5. The summed E-state index contributed by atoms with van der Waals surface area (Å²) in [5.74, 6) is 0.0723. The molecule has 0 aliphatic carbocycles. The van der Waals surface area contributed by atoms with Crippen molar-refractivity contribution >= 4 is 12.1 Å². The molecule has 198 valence electrons. The van der Waals surface area contributed by atoms with E-state index < -0.39 is 0 Å². The van der Waals surface area contributed by atoms with Gasteiger partial charge in [0.25, 0.3) is 0 Å². The lowest BCUT2D eigenvalue weighted by Crippen LogP contribution is -2.55. The number of nitrogens with one attached hydrogen (secondary N) is 1. The third kappa shape index (κ3) is 15.0. The van der Waals surface area contributed by atoms with Gasteiger partial charge in [0.05, 0.1) is 25.8 Å². The lowest BCUT2D eigenvalue weighted by molar-refractivity contribution is -0.935. The largest absolute Gasteiger partial charge is 0.351 e. The minimum atomic E-state index is 0.0723. The van der Waals surface area contributed by atoms with Crippen LogP contribution in [0.15, 0.2) is 17.1 Å². The van der Waals surface area contributed by atoms with E-state index in [9.17, 15) is 4.79 Å². The predicted octanol–water partition coefficient (Wildman–Crippen LogP) is 7.97. The van der Waals surface area contributed by atoms with Crippen molar-refractivity contribution in [3.63, 3.8) is 0 Å². The lowest BCUT2D eigenvalue weighted by atomic mass is 10.0. The molecule has 0 bridgehead atoms. The van der Waals surface area contributed by atoms with E-state index in [-0.39, 0.29) is 5.91 Å². The molecule has 1 N–H and O–H groups in total. The van der Waals surface area contributed by atoms with E-state index >= 15 is 0 Å². The number of aliphatic imine (C=N–C) groups is 1. The summed E-state index contributed by atoms with van der Waals surface area (Å²) < 4.78 is 1.02. The SMILES string of the molecule is C/C=C/CCCCCCCCCCCCCCCCCCC1N=CC[N+]1(CC)CCNC(C)=O. The van der Waals surface area contributed by atoms with E-state index in [0.29, 0.717) is 6.17 Å². The molecule has 0 aromatic carbocycles. The number of amides is 1. The minimum absolute atomic E-state index is 0.0723. The summed E-state index contributed by atoms with van der Waals surface area (Å²) in [6.45, 7) is 9.87. The monoisotopic (exact) mass is 476 g/mol. The molecule has 0 aromatic heterocycles. The standard InChI is InChI=1S/C30H57N3O/c1-4-6-7-8-9-10-11-12-13-14-15-16-17-18-19-20-21-22-23-24-30-32-26-28-33(30,5-2)27-25-31-29(3)34/h4,6,26,30H,5,7-25,27-28H2,1-3H3/p+1/b6-4+. The number of hydrogen-bond acceptors (Lipinski definition) is 2. The van der Waals surface area contributed by atoms with Crippen molar-refractivity contribution in [2.45, 2.75) is 143 Å². The molecular formula is C30H58N3O+. The molecular weight excluding hydrogens is 418 g/mol. The van der Waals surface area contributed by atoms with Gasteiger partial charge >= 0.3 is 0 Å². The lowest BCUT2D eigenvalue weighted by Gasteiger charge is -2.38. The second kappa shape index (κ2) is 21.1. The average Bonchev–Trinajstić information content (AvgIpc) is 3.23. The molecule has 1 rings (SSSR count). The summed E-state index contributed by atoms with van der Waals surface area (Å²) in [7, 11) is 0. The van der Waals surface area contributed by atoms with Crippen molar-refractivity contribution < 1.29 is 9.28 Å². The summed E-state index contributed by atoms with van der Waals surface area (Å²) in [5, 5.41) is 2.97. The average molecular weight is 477 g/mol. The Morgan fingerprint density at radius 3 is 1.85 bits per heavy atom. The van der Waals surface area contributed by atoms with Crippen LogP contribution >= 0.6 is 0 Å². The van der Waals surface area contributed by atoms with Crippen LogP contribution in [0.1, 0.15) is 136 Å². The second-order valence-corrected chi connectivity index (χ2v) is 10.5. The molecule has 34 heavy (non-hydrogen) atoms. The number of likely N-dealkylation sites (N-methyl/N-ethyl adjacent to an activating group) is 1. The first-order chi connectivity index (χ1) is 16.6. The van der Waals surface area contributed by atoms with E-state index in [0.717, 1.165) is 30.7 Å². The van der Waals surface area contributed by atoms with Crippen molar-refractivity contribution in [3.05, 3.63) is 12.2 Å². The Morgan fingerprint density at radius 1 is 0.882 bits per heavy atom.